The lowest BCUT2D eigenvalue weighted by Crippen LogP contribution is -2.14. The van der Waals surface area contributed by atoms with Gasteiger partial charge in [-0.1, -0.05) is 61.4 Å². The maximum atomic E-state index is 13.1. The predicted octanol–water partition coefficient (Wildman–Crippen LogP) is 5.74. The number of rotatable bonds is 4. The van der Waals surface area contributed by atoms with Crippen LogP contribution in [0.1, 0.15) is 60.6 Å². The molecule has 0 saturated heterocycles. The van der Waals surface area contributed by atoms with Crippen LogP contribution < -0.4 is 5.43 Å². The molecule has 5 rings (SSSR count). The molecule has 1 fully saturated rings. The normalized spacial score (nSPS) is 17.5. The second kappa shape index (κ2) is 7.44. The molecule has 2 aliphatic carbocycles. The van der Waals surface area contributed by atoms with Crippen molar-refractivity contribution in [3.63, 3.8) is 0 Å². The third kappa shape index (κ3) is 3.25. The van der Waals surface area contributed by atoms with Gasteiger partial charge in [0, 0.05) is 22.2 Å². The standard InChI is InChI=1S/C22H24N2OS2/c25-20-17-12-7-13-18(17)27-21-19(20)23-22(24(21)16-10-5-2-6-11-16)26-14-15-8-3-1-4-9-15/h1,3-4,8-9,16H,2,5-7,10-14H2. The van der Waals surface area contributed by atoms with E-state index < -0.39 is 0 Å². The van der Waals surface area contributed by atoms with Gasteiger partial charge in [-0.15, -0.1) is 11.3 Å². The van der Waals surface area contributed by atoms with Crippen molar-refractivity contribution in [3.05, 3.63) is 56.6 Å². The summed E-state index contributed by atoms with van der Waals surface area (Å²) in [5.41, 5.74) is 3.27. The lowest BCUT2D eigenvalue weighted by Gasteiger charge is -2.25. The first-order valence-corrected chi connectivity index (χ1v) is 11.8. The molecule has 0 spiro atoms. The Kier molecular flexibility index (Phi) is 4.82. The molecule has 0 unspecified atom stereocenters. The van der Waals surface area contributed by atoms with Crippen LogP contribution in [0.2, 0.25) is 0 Å². The van der Waals surface area contributed by atoms with Gasteiger partial charge in [0.15, 0.2) is 5.16 Å². The van der Waals surface area contributed by atoms with Crippen molar-refractivity contribution >= 4 is 33.4 Å². The Morgan fingerprint density at radius 3 is 2.70 bits per heavy atom. The maximum Gasteiger partial charge on any atom is 0.211 e. The summed E-state index contributed by atoms with van der Waals surface area (Å²) < 4.78 is 2.44. The first kappa shape index (κ1) is 17.5. The van der Waals surface area contributed by atoms with Crippen molar-refractivity contribution in [3.8, 4) is 0 Å². The van der Waals surface area contributed by atoms with Crippen LogP contribution in [0, 0.1) is 0 Å². The minimum Gasteiger partial charge on any atom is -0.307 e. The van der Waals surface area contributed by atoms with E-state index in [0.717, 1.165) is 46.1 Å². The molecule has 0 bridgehead atoms. The summed E-state index contributed by atoms with van der Waals surface area (Å²) in [7, 11) is 0. The Morgan fingerprint density at radius 1 is 1.07 bits per heavy atom. The monoisotopic (exact) mass is 396 g/mol. The van der Waals surface area contributed by atoms with Gasteiger partial charge in [0.05, 0.1) is 0 Å². The number of hydrogen-bond acceptors (Lipinski definition) is 4. The van der Waals surface area contributed by atoms with Crippen molar-refractivity contribution < 1.29 is 0 Å². The van der Waals surface area contributed by atoms with Crippen molar-refractivity contribution in [2.24, 2.45) is 0 Å². The molecule has 3 aromatic rings. The fraction of sp³-hybridized carbons (Fsp3) is 0.455. The molecular formula is C22H24N2OS2. The minimum atomic E-state index is 0.201. The Bertz CT molecular complexity index is 1020. The van der Waals surface area contributed by atoms with E-state index in [1.807, 2.05) is 11.3 Å². The molecule has 0 amide bonds. The highest BCUT2D eigenvalue weighted by Crippen LogP contribution is 2.39. The molecule has 140 valence electrons. The highest BCUT2D eigenvalue weighted by atomic mass is 32.2. The highest BCUT2D eigenvalue weighted by Gasteiger charge is 2.26. The van der Waals surface area contributed by atoms with Crippen LogP contribution in [0.15, 0.2) is 40.3 Å². The molecule has 1 saturated carbocycles. The number of fused-ring (bicyclic) bond motifs is 2. The molecule has 2 aromatic heterocycles. The van der Waals surface area contributed by atoms with Crippen LogP contribution in [0.3, 0.4) is 0 Å². The van der Waals surface area contributed by atoms with E-state index in [4.69, 9.17) is 4.98 Å². The van der Waals surface area contributed by atoms with Crippen molar-refractivity contribution in [1.82, 2.24) is 9.55 Å². The van der Waals surface area contributed by atoms with E-state index in [0.29, 0.717) is 6.04 Å². The summed E-state index contributed by atoms with van der Waals surface area (Å²) >= 11 is 3.63. The minimum absolute atomic E-state index is 0.201. The largest absolute Gasteiger partial charge is 0.307 e. The van der Waals surface area contributed by atoms with Crippen molar-refractivity contribution in [1.29, 1.82) is 0 Å². The van der Waals surface area contributed by atoms with Crippen LogP contribution >= 0.6 is 23.1 Å². The van der Waals surface area contributed by atoms with Gasteiger partial charge in [-0.05, 0) is 37.7 Å². The molecule has 0 atom stereocenters. The first-order valence-electron chi connectivity index (χ1n) is 10.0. The molecule has 0 aliphatic heterocycles. The zero-order valence-corrected chi connectivity index (χ0v) is 17.1. The maximum absolute atomic E-state index is 13.1. The third-order valence-electron chi connectivity index (χ3n) is 5.86. The number of aryl methyl sites for hydroxylation is 1. The van der Waals surface area contributed by atoms with Crippen LogP contribution in [0.25, 0.3) is 10.3 Å². The quantitative estimate of drug-likeness (QED) is 0.527. The Morgan fingerprint density at radius 2 is 1.89 bits per heavy atom. The number of benzene rings is 1. The number of nitrogens with zero attached hydrogens (tertiary/aromatic N) is 2. The molecule has 3 nitrogen and oxygen atoms in total. The third-order valence-corrected chi connectivity index (χ3v) is 8.17. The second-order valence-corrected chi connectivity index (χ2v) is 9.70. The summed E-state index contributed by atoms with van der Waals surface area (Å²) in [6, 6.07) is 11.0. The van der Waals surface area contributed by atoms with E-state index in [1.165, 1.54) is 42.5 Å². The van der Waals surface area contributed by atoms with E-state index in [9.17, 15) is 4.79 Å². The van der Waals surface area contributed by atoms with E-state index in [-0.39, 0.29) is 5.43 Å². The van der Waals surface area contributed by atoms with Crippen LogP contribution in [-0.4, -0.2) is 9.55 Å². The number of thioether (sulfide) groups is 1. The molecule has 2 aliphatic rings. The van der Waals surface area contributed by atoms with E-state index in [2.05, 4.69) is 34.9 Å². The lowest BCUT2D eigenvalue weighted by atomic mass is 9.95. The van der Waals surface area contributed by atoms with E-state index >= 15 is 0 Å². The number of imidazole rings is 1. The summed E-state index contributed by atoms with van der Waals surface area (Å²) in [6.45, 7) is 0. The van der Waals surface area contributed by atoms with Crippen LogP contribution in [0.4, 0.5) is 0 Å². The van der Waals surface area contributed by atoms with Gasteiger partial charge in [0.2, 0.25) is 5.43 Å². The fourth-order valence-electron chi connectivity index (χ4n) is 4.46. The predicted molar refractivity (Wildman–Crippen MR) is 114 cm³/mol. The van der Waals surface area contributed by atoms with Crippen molar-refractivity contribution in [2.75, 3.05) is 0 Å². The Hall–Kier alpha value is -1.59. The molecule has 2 heterocycles. The van der Waals surface area contributed by atoms with Gasteiger partial charge >= 0.3 is 0 Å². The zero-order chi connectivity index (χ0) is 18.2. The van der Waals surface area contributed by atoms with Gasteiger partial charge in [0.25, 0.3) is 0 Å². The van der Waals surface area contributed by atoms with Gasteiger partial charge in [-0.25, -0.2) is 4.98 Å². The summed E-state index contributed by atoms with van der Waals surface area (Å²) in [6.07, 6.45) is 9.44. The van der Waals surface area contributed by atoms with Gasteiger partial charge in [-0.2, -0.15) is 0 Å². The van der Waals surface area contributed by atoms with Gasteiger partial charge < -0.3 is 4.57 Å². The highest BCUT2D eigenvalue weighted by molar-refractivity contribution is 7.98. The number of hydrogen-bond donors (Lipinski definition) is 0. The van der Waals surface area contributed by atoms with E-state index in [1.54, 1.807) is 11.8 Å². The summed E-state index contributed by atoms with van der Waals surface area (Å²) in [5, 5.41) is 1.04. The fourth-order valence-corrected chi connectivity index (χ4v) is 6.91. The van der Waals surface area contributed by atoms with Gasteiger partial charge in [-0.3, -0.25) is 4.79 Å². The summed E-state index contributed by atoms with van der Waals surface area (Å²) in [5.74, 6) is 0.898. The molecular weight excluding hydrogens is 372 g/mol. The molecule has 0 radical (unpaired) electrons. The van der Waals surface area contributed by atoms with Crippen molar-refractivity contribution in [2.45, 2.75) is 68.3 Å². The molecule has 5 heteroatoms. The van der Waals surface area contributed by atoms with Crippen LogP contribution in [-0.2, 0) is 18.6 Å². The average molecular weight is 397 g/mol. The molecule has 27 heavy (non-hydrogen) atoms. The summed E-state index contributed by atoms with van der Waals surface area (Å²) in [4.78, 5) is 20.4. The van der Waals surface area contributed by atoms with Crippen LogP contribution in [0.5, 0.6) is 0 Å². The second-order valence-electron chi connectivity index (χ2n) is 7.67. The Balaban J connectivity index is 1.60. The average Bonchev–Trinajstić information content (AvgIpc) is 3.33. The molecule has 0 N–H and O–H groups in total. The van der Waals surface area contributed by atoms with Gasteiger partial charge in [0.1, 0.15) is 10.3 Å². The Labute approximate surface area is 167 Å². The topological polar surface area (TPSA) is 34.9 Å². The first-order chi connectivity index (χ1) is 13.3. The number of aromatic nitrogens is 2. The molecule has 1 aromatic carbocycles. The lowest BCUT2D eigenvalue weighted by molar-refractivity contribution is 0.344. The SMILES string of the molecule is O=c1c2c(sc3c1nc(SCc1ccccc1)n3C1CCCCC1)CCC2. The zero-order valence-electron chi connectivity index (χ0n) is 15.4. The smallest absolute Gasteiger partial charge is 0.211 e.